The average molecular weight is 340 g/mol. The van der Waals surface area contributed by atoms with Gasteiger partial charge < -0.3 is 9.47 Å². The van der Waals surface area contributed by atoms with Crippen molar-refractivity contribution in [3.63, 3.8) is 0 Å². The quantitative estimate of drug-likeness (QED) is 0.465. The van der Waals surface area contributed by atoms with Crippen LogP contribution in [0.5, 0.6) is 5.75 Å². The van der Waals surface area contributed by atoms with E-state index < -0.39 is 5.97 Å². The second-order valence-electron chi connectivity index (χ2n) is 5.02. The van der Waals surface area contributed by atoms with E-state index >= 15 is 0 Å². The average Bonchev–Trinajstić information content (AvgIpc) is 2.95. The highest BCUT2D eigenvalue weighted by Gasteiger charge is 2.24. The van der Waals surface area contributed by atoms with E-state index in [0.717, 1.165) is 11.3 Å². The Hall–Kier alpha value is -2.85. The van der Waals surface area contributed by atoms with E-state index in [4.69, 9.17) is 21.1 Å². The number of nitrogens with zero attached hydrogens (tertiary/aromatic N) is 1. The highest BCUT2D eigenvalue weighted by molar-refractivity contribution is 6.31. The molecule has 2 aromatic rings. The number of rotatable bonds is 5. The Kier molecular flexibility index (Phi) is 4.77. The topological polar surface area (TPSA) is 47.9 Å². The third kappa shape index (κ3) is 3.73. The molecule has 1 aliphatic heterocycles. The standard InChI is InChI=1S/C19H14ClNO3/c1-2-10-23-16-8-6-13(7-9-16)11-17-19(22)24-18(21-17)14-4-3-5-15(20)12-14/h2-9,11-12H,1,10H2. The summed E-state index contributed by atoms with van der Waals surface area (Å²) in [6.45, 7) is 4.04. The van der Waals surface area contributed by atoms with Crippen molar-refractivity contribution in [2.24, 2.45) is 4.99 Å². The number of ether oxygens (including phenoxy) is 2. The van der Waals surface area contributed by atoms with E-state index in [1.54, 1.807) is 36.4 Å². The summed E-state index contributed by atoms with van der Waals surface area (Å²) in [5.74, 6) is 0.491. The second-order valence-corrected chi connectivity index (χ2v) is 5.45. The smallest absolute Gasteiger partial charge is 0.363 e. The van der Waals surface area contributed by atoms with Gasteiger partial charge in [-0.15, -0.1) is 0 Å². The maximum Gasteiger partial charge on any atom is 0.363 e. The van der Waals surface area contributed by atoms with Crippen LogP contribution in [0.3, 0.4) is 0 Å². The van der Waals surface area contributed by atoms with E-state index in [1.165, 1.54) is 0 Å². The van der Waals surface area contributed by atoms with Crippen LogP contribution >= 0.6 is 11.6 Å². The fourth-order valence-electron chi connectivity index (χ4n) is 2.13. The molecule has 0 unspecified atom stereocenters. The predicted molar refractivity (Wildman–Crippen MR) is 94.2 cm³/mol. The number of aliphatic imine (C=N–C) groups is 1. The van der Waals surface area contributed by atoms with Crippen molar-refractivity contribution in [2.45, 2.75) is 0 Å². The van der Waals surface area contributed by atoms with E-state index in [0.29, 0.717) is 17.2 Å². The Balaban J connectivity index is 1.82. The van der Waals surface area contributed by atoms with E-state index in [2.05, 4.69) is 11.6 Å². The second kappa shape index (κ2) is 7.15. The lowest BCUT2D eigenvalue weighted by atomic mass is 10.2. The normalized spacial score (nSPS) is 15.1. The van der Waals surface area contributed by atoms with Gasteiger partial charge in [0.1, 0.15) is 12.4 Å². The molecule has 0 saturated heterocycles. The fraction of sp³-hybridized carbons (Fsp3) is 0.0526. The van der Waals surface area contributed by atoms with Gasteiger partial charge in [-0.25, -0.2) is 9.79 Å². The molecule has 2 aromatic carbocycles. The molecule has 4 nitrogen and oxygen atoms in total. The molecule has 0 aliphatic carbocycles. The molecule has 5 heteroatoms. The highest BCUT2D eigenvalue weighted by Crippen LogP contribution is 2.22. The van der Waals surface area contributed by atoms with Crippen LogP contribution in [0.25, 0.3) is 6.08 Å². The molecule has 120 valence electrons. The number of carbonyl (C=O) groups excluding carboxylic acids is 1. The first-order valence-electron chi connectivity index (χ1n) is 7.28. The van der Waals surface area contributed by atoms with Gasteiger partial charge in [0.05, 0.1) is 0 Å². The number of carbonyl (C=O) groups is 1. The Bertz CT molecular complexity index is 838. The molecule has 24 heavy (non-hydrogen) atoms. The zero-order chi connectivity index (χ0) is 16.9. The van der Waals surface area contributed by atoms with Crippen LogP contribution in [0.15, 0.2) is 71.9 Å². The Morgan fingerprint density at radius 1 is 1.21 bits per heavy atom. The Morgan fingerprint density at radius 2 is 2.00 bits per heavy atom. The monoisotopic (exact) mass is 339 g/mol. The van der Waals surface area contributed by atoms with Crippen molar-refractivity contribution in [1.29, 1.82) is 0 Å². The van der Waals surface area contributed by atoms with Crippen LogP contribution in [0.1, 0.15) is 11.1 Å². The van der Waals surface area contributed by atoms with Crippen molar-refractivity contribution < 1.29 is 14.3 Å². The van der Waals surface area contributed by atoms with Crippen molar-refractivity contribution in [3.8, 4) is 5.75 Å². The van der Waals surface area contributed by atoms with E-state index in [-0.39, 0.29) is 11.6 Å². The molecule has 0 radical (unpaired) electrons. The molecular weight excluding hydrogens is 326 g/mol. The highest BCUT2D eigenvalue weighted by atomic mass is 35.5. The molecule has 0 bridgehead atoms. The molecule has 3 rings (SSSR count). The minimum Gasteiger partial charge on any atom is -0.490 e. The SMILES string of the molecule is C=CCOc1ccc(C=C2N=C(c3cccc(Cl)c3)OC2=O)cc1. The molecular formula is C19H14ClNO3. The van der Waals surface area contributed by atoms with Crippen LogP contribution in [-0.4, -0.2) is 18.5 Å². The summed E-state index contributed by atoms with van der Waals surface area (Å²) in [4.78, 5) is 16.2. The summed E-state index contributed by atoms with van der Waals surface area (Å²) in [6.07, 6.45) is 3.34. The molecule has 0 fully saturated rings. The molecule has 0 spiro atoms. The number of cyclic esters (lactones) is 1. The minimum absolute atomic E-state index is 0.240. The fourth-order valence-corrected chi connectivity index (χ4v) is 2.32. The summed E-state index contributed by atoms with van der Waals surface area (Å²) < 4.78 is 10.6. The number of hydrogen-bond donors (Lipinski definition) is 0. The van der Waals surface area contributed by atoms with Crippen molar-refractivity contribution in [1.82, 2.24) is 0 Å². The first kappa shape index (κ1) is 16.0. The first-order chi connectivity index (χ1) is 11.7. The summed E-state index contributed by atoms with van der Waals surface area (Å²) in [5.41, 5.74) is 1.72. The summed E-state index contributed by atoms with van der Waals surface area (Å²) >= 11 is 5.95. The number of halogens is 1. The number of hydrogen-bond acceptors (Lipinski definition) is 4. The van der Waals surface area contributed by atoms with Crippen LogP contribution in [0.4, 0.5) is 0 Å². The van der Waals surface area contributed by atoms with Crippen molar-refractivity contribution in [3.05, 3.63) is 83.0 Å². The lowest BCUT2D eigenvalue weighted by molar-refractivity contribution is -0.129. The Morgan fingerprint density at radius 3 is 2.71 bits per heavy atom. The largest absolute Gasteiger partial charge is 0.490 e. The summed E-state index contributed by atoms with van der Waals surface area (Å²) in [6, 6.07) is 14.3. The molecule has 0 atom stereocenters. The zero-order valence-corrected chi connectivity index (χ0v) is 13.5. The zero-order valence-electron chi connectivity index (χ0n) is 12.7. The molecule has 0 aromatic heterocycles. The molecule has 1 aliphatic rings. The van der Waals surface area contributed by atoms with Gasteiger partial charge in [0.15, 0.2) is 5.70 Å². The van der Waals surface area contributed by atoms with Gasteiger partial charge in [0.2, 0.25) is 5.90 Å². The van der Waals surface area contributed by atoms with Gasteiger partial charge in [-0.3, -0.25) is 0 Å². The Labute approximate surface area is 144 Å². The number of benzene rings is 2. The van der Waals surface area contributed by atoms with Gasteiger partial charge in [0.25, 0.3) is 0 Å². The van der Waals surface area contributed by atoms with Crippen LogP contribution < -0.4 is 4.74 Å². The third-order valence-corrected chi connectivity index (χ3v) is 3.48. The molecule has 0 N–H and O–H groups in total. The molecule has 1 heterocycles. The molecule has 0 saturated carbocycles. The van der Waals surface area contributed by atoms with Crippen LogP contribution in [0.2, 0.25) is 5.02 Å². The minimum atomic E-state index is -0.489. The third-order valence-electron chi connectivity index (χ3n) is 3.24. The van der Waals surface area contributed by atoms with E-state index in [9.17, 15) is 4.79 Å². The maximum atomic E-state index is 12.0. The first-order valence-corrected chi connectivity index (χ1v) is 7.66. The summed E-state index contributed by atoms with van der Waals surface area (Å²) in [5, 5.41) is 0.554. The van der Waals surface area contributed by atoms with E-state index in [1.807, 2.05) is 24.3 Å². The van der Waals surface area contributed by atoms with Gasteiger partial charge in [-0.2, -0.15) is 0 Å². The van der Waals surface area contributed by atoms with Gasteiger partial charge in [-0.05, 0) is 42.0 Å². The van der Waals surface area contributed by atoms with Crippen molar-refractivity contribution in [2.75, 3.05) is 6.61 Å². The lowest BCUT2D eigenvalue weighted by Gasteiger charge is -2.02. The van der Waals surface area contributed by atoms with Crippen LogP contribution in [0, 0.1) is 0 Å². The lowest BCUT2D eigenvalue weighted by Crippen LogP contribution is -2.05. The van der Waals surface area contributed by atoms with Crippen molar-refractivity contribution >= 4 is 29.5 Å². The summed E-state index contributed by atoms with van der Waals surface area (Å²) in [7, 11) is 0. The number of esters is 1. The van der Waals surface area contributed by atoms with Gasteiger partial charge >= 0.3 is 5.97 Å². The predicted octanol–water partition coefficient (Wildman–Crippen LogP) is 4.25. The maximum absolute atomic E-state index is 12.0. The van der Waals surface area contributed by atoms with Crippen LogP contribution in [-0.2, 0) is 9.53 Å². The molecule has 0 amide bonds. The van der Waals surface area contributed by atoms with Gasteiger partial charge in [-0.1, -0.05) is 42.5 Å². The van der Waals surface area contributed by atoms with Gasteiger partial charge in [0, 0.05) is 10.6 Å².